The van der Waals surface area contributed by atoms with Crippen LogP contribution in [-0.2, 0) is 19.1 Å². The number of nitrogens with one attached hydrogen (secondary N) is 1. The highest BCUT2D eigenvalue weighted by Crippen LogP contribution is 2.24. The van der Waals surface area contributed by atoms with Gasteiger partial charge >= 0.3 is 5.97 Å². The van der Waals surface area contributed by atoms with Gasteiger partial charge in [0.15, 0.2) is 0 Å². The molecule has 1 aromatic rings. The minimum Gasteiger partial charge on any atom is -0.466 e. The van der Waals surface area contributed by atoms with Crippen LogP contribution in [0.25, 0.3) is 0 Å². The average molecular weight is 902 g/mol. The van der Waals surface area contributed by atoms with Crippen LogP contribution in [0, 0.1) is 0 Å². The SMILES string of the molecule is CCCCCCCCC(CCCCCCCC)OC=O.CCCCCCCCCOC(=O)CCCCCCCN(CCCCCCCC)CCCNc1c(N2CCCCC2)c(=O)c1=O. The van der Waals surface area contributed by atoms with Crippen LogP contribution in [0.4, 0.5) is 11.4 Å². The van der Waals surface area contributed by atoms with Gasteiger partial charge in [-0.3, -0.25) is 19.2 Å². The highest BCUT2D eigenvalue weighted by molar-refractivity contribution is 5.75. The van der Waals surface area contributed by atoms with Crippen molar-refractivity contribution in [3.05, 3.63) is 20.4 Å². The predicted molar refractivity (Wildman–Crippen MR) is 274 cm³/mol. The molecule has 0 atom stereocenters. The van der Waals surface area contributed by atoms with Crippen molar-refractivity contribution in [2.45, 2.75) is 271 Å². The molecule has 9 nitrogen and oxygen atoms in total. The summed E-state index contributed by atoms with van der Waals surface area (Å²) in [5, 5.41) is 3.32. The second-order valence-corrected chi connectivity index (χ2v) is 19.1. The molecule has 1 N–H and O–H groups in total. The molecule has 0 amide bonds. The van der Waals surface area contributed by atoms with Gasteiger partial charge in [-0.1, -0.05) is 182 Å². The Balaban J connectivity index is 0.000000858. The molecule has 1 saturated heterocycles. The van der Waals surface area contributed by atoms with E-state index in [1.807, 2.05) is 0 Å². The van der Waals surface area contributed by atoms with Crippen LogP contribution in [0.2, 0.25) is 0 Å². The Morgan fingerprint density at radius 3 is 1.50 bits per heavy atom. The molecule has 64 heavy (non-hydrogen) atoms. The van der Waals surface area contributed by atoms with Crippen molar-refractivity contribution < 1.29 is 19.1 Å². The first-order valence-electron chi connectivity index (χ1n) is 27.7. The van der Waals surface area contributed by atoms with E-state index in [0.29, 0.717) is 30.9 Å². The lowest BCUT2D eigenvalue weighted by Crippen LogP contribution is -2.44. The maximum atomic E-state index is 12.3. The third-order valence-corrected chi connectivity index (χ3v) is 13.2. The first-order valence-corrected chi connectivity index (χ1v) is 27.7. The minimum atomic E-state index is -0.337. The average Bonchev–Trinajstić information content (AvgIpc) is 3.31. The van der Waals surface area contributed by atoms with Crippen molar-refractivity contribution in [1.82, 2.24) is 4.90 Å². The lowest BCUT2D eigenvalue weighted by molar-refractivity contribution is -0.144. The van der Waals surface area contributed by atoms with Gasteiger partial charge in [-0.2, -0.15) is 0 Å². The molecule has 1 aliphatic rings. The number of rotatable bonds is 45. The summed E-state index contributed by atoms with van der Waals surface area (Å²) in [6.45, 7) is 16.0. The second kappa shape index (κ2) is 44.4. The normalized spacial score (nSPS) is 12.8. The van der Waals surface area contributed by atoms with E-state index in [2.05, 4.69) is 42.8 Å². The number of unbranched alkanes of at least 4 members (excludes halogenated alkanes) is 25. The van der Waals surface area contributed by atoms with Crippen molar-refractivity contribution in [3.8, 4) is 0 Å². The molecule has 1 aliphatic heterocycles. The van der Waals surface area contributed by atoms with Gasteiger partial charge in [-0.05, 0) is 96.7 Å². The molecular formula is C55H103N3O6. The van der Waals surface area contributed by atoms with Crippen molar-refractivity contribution in [1.29, 1.82) is 0 Å². The van der Waals surface area contributed by atoms with Gasteiger partial charge in [-0.15, -0.1) is 0 Å². The summed E-state index contributed by atoms with van der Waals surface area (Å²) in [4.78, 5) is 51.8. The van der Waals surface area contributed by atoms with Crippen LogP contribution >= 0.6 is 0 Å². The van der Waals surface area contributed by atoms with E-state index in [9.17, 15) is 19.2 Å². The van der Waals surface area contributed by atoms with Crippen LogP contribution < -0.4 is 21.1 Å². The quantitative estimate of drug-likeness (QED) is 0.0296. The first kappa shape index (κ1) is 59.6. The van der Waals surface area contributed by atoms with Gasteiger partial charge in [0.25, 0.3) is 17.3 Å². The number of carbonyl (C=O) groups excluding carboxylic acids is 2. The Morgan fingerprint density at radius 2 is 1.00 bits per heavy atom. The van der Waals surface area contributed by atoms with Gasteiger partial charge in [0, 0.05) is 26.1 Å². The Morgan fingerprint density at radius 1 is 0.562 bits per heavy atom. The molecule has 1 heterocycles. The Hall–Kier alpha value is -2.42. The maximum absolute atomic E-state index is 12.3. The van der Waals surface area contributed by atoms with Gasteiger partial charge in [-0.25, -0.2) is 0 Å². The molecule has 1 aromatic carbocycles. The monoisotopic (exact) mass is 902 g/mol. The number of hydrogen-bond donors (Lipinski definition) is 1. The summed E-state index contributed by atoms with van der Waals surface area (Å²) in [7, 11) is 0. The van der Waals surface area contributed by atoms with Crippen LogP contribution in [0.1, 0.15) is 265 Å². The van der Waals surface area contributed by atoms with E-state index in [1.54, 1.807) is 0 Å². The number of anilines is 2. The fourth-order valence-electron chi connectivity index (χ4n) is 9.05. The Bertz CT molecular complexity index is 1240. The largest absolute Gasteiger partial charge is 0.466 e. The third kappa shape index (κ3) is 32.3. The van der Waals surface area contributed by atoms with E-state index in [0.717, 1.165) is 90.6 Å². The van der Waals surface area contributed by atoms with E-state index in [4.69, 9.17) is 9.47 Å². The molecular weight excluding hydrogens is 799 g/mol. The number of hydrogen-bond acceptors (Lipinski definition) is 9. The molecule has 374 valence electrons. The van der Waals surface area contributed by atoms with E-state index in [-0.39, 0.29) is 22.9 Å². The van der Waals surface area contributed by atoms with Gasteiger partial charge in [0.1, 0.15) is 17.5 Å². The van der Waals surface area contributed by atoms with Crippen LogP contribution in [0.15, 0.2) is 9.59 Å². The molecule has 0 radical (unpaired) electrons. The second-order valence-electron chi connectivity index (χ2n) is 19.1. The summed E-state index contributed by atoms with van der Waals surface area (Å²) in [5.74, 6) is -0.0264. The molecule has 0 bridgehead atoms. The lowest BCUT2D eigenvalue weighted by atomic mass is 10.0. The van der Waals surface area contributed by atoms with Crippen LogP contribution in [0.5, 0.6) is 0 Å². The Labute approximate surface area is 394 Å². The van der Waals surface area contributed by atoms with Crippen molar-refractivity contribution >= 4 is 23.8 Å². The summed E-state index contributed by atoms with van der Waals surface area (Å²) >= 11 is 0. The third-order valence-electron chi connectivity index (χ3n) is 13.2. The summed E-state index contributed by atoms with van der Waals surface area (Å²) in [6, 6.07) is 0. The highest BCUT2D eigenvalue weighted by Gasteiger charge is 2.26. The number of esters is 1. The summed E-state index contributed by atoms with van der Waals surface area (Å²) in [6.07, 6.45) is 44.9. The standard InChI is InChI=1S/C37H67N3O4.C18H36O2/c1-3-5-7-9-11-16-23-32-44-33(41)25-18-13-12-15-20-28-39(27-19-14-10-8-6-4-2)29-24-26-38-34-35(37(43)36(34)42)40-30-21-17-22-31-40;1-3-5-7-9-11-13-15-18(20-17-19)16-14-12-10-8-6-4-2/h38H,3-32H2,1-2H3;17-18H,3-16H2,1-2H3. The number of ether oxygens (including phenoxy) is 2. The minimum absolute atomic E-state index is 0.0264. The Kier molecular flexibility index (Phi) is 41.4. The van der Waals surface area contributed by atoms with Gasteiger partial charge < -0.3 is 24.6 Å². The zero-order valence-electron chi connectivity index (χ0n) is 42.6. The molecule has 0 aliphatic carbocycles. The van der Waals surface area contributed by atoms with Crippen molar-refractivity contribution in [2.75, 3.05) is 56.1 Å². The van der Waals surface area contributed by atoms with Crippen LogP contribution in [0.3, 0.4) is 0 Å². The smallest absolute Gasteiger partial charge is 0.305 e. The van der Waals surface area contributed by atoms with E-state index in [1.165, 1.54) is 180 Å². The molecule has 2 rings (SSSR count). The highest BCUT2D eigenvalue weighted by atomic mass is 16.5. The topological polar surface area (TPSA) is 105 Å². The molecule has 0 unspecified atom stereocenters. The summed E-state index contributed by atoms with van der Waals surface area (Å²) < 4.78 is 10.6. The molecule has 9 heteroatoms. The molecule has 1 fully saturated rings. The van der Waals surface area contributed by atoms with Crippen LogP contribution in [-0.4, -0.2) is 69.3 Å². The summed E-state index contributed by atoms with van der Waals surface area (Å²) in [5.41, 5.74) is 0.552. The fourth-order valence-corrected chi connectivity index (χ4v) is 9.05. The zero-order valence-corrected chi connectivity index (χ0v) is 42.6. The number of nitrogens with zero attached hydrogens (tertiary/aromatic N) is 2. The van der Waals surface area contributed by atoms with Crippen molar-refractivity contribution in [2.24, 2.45) is 0 Å². The van der Waals surface area contributed by atoms with Crippen molar-refractivity contribution in [3.63, 3.8) is 0 Å². The number of piperidine rings is 1. The molecule has 0 saturated carbocycles. The van der Waals surface area contributed by atoms with Gasteiger partial charge in [0.2, 0.25) is 0 Å². The predicted octanol–water partition coefficient (Wildman–Crippen LogP) is 14.4. The van der Waals surface area contributed by atoms with Gasteiger partial charge in [0.05, 0.1) is 6.61 Å². The fraction of sp³-hybridized carbons (Fsp3) is 0.891. The molecule has 0 aromatic heterocycles. The first-order chi connectivity index (χ1) is 31.4. The number of carbonyl (C=O) groups is 2. The van der Waals surface area contributed by atoms with E-state index < -0.39 is 0 Å². The zero-order chi connectivity index (χ0) is 46.6. The molecule has 0 spiro atoms. The van der Waals surface area contributed by atoms with E-state index >= 15 is 0 Å². The lowest BCUT2D eigenvalue weighted by Gasteiger charge is -2.31. The maximum Gasteiger partial charge on any atom is 0.305 e.